The second-order valence-corrected chi connectivity index (χ2v) is 6.25. The summed E-state index contributed by atoms with van der Waals surface area (Å²) in [5.41, 5.74) is 0.817. The zero-order valence-corrected chi connectivity index (χ0v) is 14.9. The number of nitrogens with zero attached hydrogens (tertiary/aromatic N) is 7. The fourth-order valence-corrected chi connectivity index (χ4v) is 2.77. The van der Waals surface area contributed by atoms with Gasteiger partial charge in [0.2, 0.25) is 5.28 Å². The quantitative estimate of drug-likeness (QED) is 0.494. The van der Waals surface area contributed by atoms with Crippen LogP contribution in [0.25, 0.3) is 11.2 Å². The van der Waals surface area contributed by atoms with Gasteiger partial charge in [0.15, 0.2) is 11.2 Å². The third-order valence-corrected chi connectivity index (χ3v) is 4.18. The average Bonchev–Trinajstić information content (AvgIpc) is 3.18. The summed E-state index contributed by atoms with van der Waals surface area (Å²) >= 11 is 6.19. The first-order valence-electron chi connectivity index (χ1n) is 7.73. The molecule has 0 N–H and O–H groups in total. The lowest BCUT2D eigenvalue weighted by atomic mass is 10.3. The largest absolute Gasteiger partial charge is 0.332 e. The SMILES string of the molecule is CC(C)=CCn1c(Cl)nc2c1c(=O)n(CCn1ccnn1)c(=O)n2C. The Morgan fingerprint density at radius 2 is 2.00 bits per heavy atom. The first-order chi connectivity index (χ1) is 11.9. The molecule has 9 nitrogen and oxygen atoms in total. The highest BCUT2D eigenvalue weighted by molar-refractivity contribution is 6.29. The normalized spacial score (nSPS) is 11.2. The molecule has 0 unspecified atom stereocenters. The molecule has 3 aromatic rings. The van der Waals surface area contributed by atoms with Crippen LogP contribution in [0.5, 0.6) is 0 Å². The Hall–Kier alpha value is -2.68. The van der Waals surface area contributed by atoms with Gasteiger partial charge in [0, 0.05) is 19.8 Å². The highest BCUT2D eigenvalue weighted by Crippen LogP contribution is 2.16. The average molecular weight is 364 g/mol. The monoisotopic (exact) mass is 363 g/mol. The van der Waals surface area contributed by atoms with Gasteiger partial charge in [-0.05, 0) is 25.4 Å². The molecule has 25 heavy (non-hydrogen) atoms. The lowest BCUT2D eigenvalue weighted by Crippen LogP contribution is -2.40. The molecule has 132 valence electrons. The van der Waals surface area contributed by atoms with Gasteiger partial charge in [-0.2, -0.15) is 4.98 Å². The number of rotatable bonds is 5. The Bertz CT molecular complexity index is 1050. The summed E-state index contributed by atoms with van der Waals surface area (Å²) in [6, 6.07) is 0. The smallest absolute Gasteiger partial charge is 0.305 e. The van der Waals surface area contributed by atoms with Gasteiger partial charge < -0.3 is 4.57 Å². The molecule has 0 saturated carbocycles. The predicted octanol–water partition coefficient (Wildman–Crippen LogP) is 0.808. The van der Waals surface area contributed by atoms with Gasteiger partial charge in [-0.25, -0.2) is 4.79 Å². The van der Waals surface area contributed by atoms with Crippen molar-refractivity contribution in [2.75, 3.05) is 0 Å². The van der Waals surface area contributed by atoms with Crippen molar-refractivity contribution in [2.45, 2.75) is 33.5 Å². The van der Waals surface area contributed by atoms with Crippen molar-refractivity contribution in [3.63, 3.8) is 0 Å². The molecule has 0 aliphatic heterocycles. The molecule has 3 rings (SSSR count). The number of hydrogen-bond donors (Lipinski definition) is 0. The Morgan fingerprint density at radius 1 is 1.24 bits per heavy atom. The summed E-state index contributed by atoms with van der Waals surface area (Å²) < 4.78 is 5.67. The standard InChI is InChI=1S/C15H18ClN7O2/c1-10(2)4-6-22-11-12(18-14(22)16)20(3)15(25)23(13(11)24)9-8-21-7-5-17-19-21/h4-5,7H,6,8-9H2,1-3H3. The Morgan fingerprint density at radius 3 is 2.64 bits per heavy atom. The molecule has 3 aromatic heterocycles. The van der Waals surface area contributed by atoms with E-state index in [1.807, 2.05) is 19.9 Å². The topological polar surface area (TPSA) is 92.5 Å². The Labute approximate surface area is 147 Å². The molecule has 0 saturated heterocycles. The number of fused-ring (bicyclic) bond motifs is 1. The van der Waals surface area contributed by atoms with Gasteiger partial charge >= 0.3 is 5.69 Å². The molecular weight excluding hydrogens is 346 g/mol. The lowest BCUT2D eigenvalue weighted by Gasteiger charge is -2.09. The molecule has 0 aliphatic rings. The number of imidazole rings is 1. The maximum Gasteiger partial charge on any atom is 0.332 e. The molecule has 10 heteroatoms. The van der Waals surface area contributed by atoms with E-state index >= 15 is 0 Å². The number of aryl methyl sites for hydroxylation is 2. The van der Waals surface area contributed by atoms with Crippen LogP contribution in [0.3, 0.4) is 0 Å². The summed E-state index contributed by atoms with van der Waals surface area (Å²) in [5, 5.41) is 7.73. The van der Waals surface area contributed by atoms with Crippen molar-refractivity contribution in [2.24, 2.45) is 7.05 Å². The van der Waals surface area contributed by atoms with E-state index in [9.17, 15) is 9.59 Å². The van der Waals surface area contributed by atoms with E-state index in [-0.39, 0.29) is 17.5 Å². The molecule has 0 spiro atoms. The van der Waals surface area contributed by atoms with Crippen molar-refractivity contribution in [1.29, 1.82) is 0 Å². The van der Waals surface area contributed by atoms with Crippen LogP contribution < -0.4 is 11.2 Å². The lowest BCUT2D eigenvalue weighted by molar-refractivity contribution is 0.490. The van der Waals surface area contributed by atoms with Gasteiger partial charge in [-0.1, -0.05) is 16.9 Å². The van der Waals surface area contributed by atoms with Gasteiger partial charge in [-0.3, -0.25) is 18.6 Å². The van der Waals surface area contributed by atoms with Gasteiger partial charge in [0.25, 0.3) is 5.56 Å². The maximum absolute atomic E-state index is 12.9. The fourth-order valence-electron chi connectivity index (χ4n) is 2.54. The van der Waals surface area contributed by atoms with Crippen LogP contribution in [0, 0.1) is 0 Å². The van der Waals surface area contributed by atoms with Crippen molar-refractivity contribution >= 4 is 22.8 Å². The molecule has 3 heterocycles. The molecule has 0 fully saturated rings. The van der Waals surface area contributed by atoms with E-state index in [2.05, 4.69) is 15.3 Å². The zero-order valence-electron chi connectivity index (χ0n) is 14.2. The van der Waals surface area contributed by atoms with Gasteiger partial charge in [0.1, 0.15) is 0 Å². The van der Waals surface area contributed by atoms with Crippen LogP contribution >= 0.6 is 11.6 Å². The van der Waals surface area contributed by atoms with Crippen LogP contribution in [-0.4, -0.2) is 33.7 Å². The van der Waals surface area contributed by atoms with E-state index < -0.39 is 11.2 Å². The molecule has 0 amide bonds. The van der Waals surface area contributed by atoms with E-state index in [0.29, 0.717) is 18.6 Å². The summed E-state index contributed by atoms with van der Waals surface area (Å²) in [4.78, 5) is 29.6. The van der Waals surface area contributed by atoms with Crippen LogP contribution in [-0.2, 0) is 26.7 Å². The summed E-state index contributed by atoms with van der Waals surface area (Å²) in [6.45, 7) is 4.86. The van der Waals surface area contributed by atoms with E-state index in [1.54, 1.807) is 28.7 Å². The van der Waals surface area contributed by atoms with Crippen LogP contribution in [0.1, 0.15) is 13.8 Å². The van der Waals surface area contributed by atoms with Crippen molar-refractivity contribution in [3.05, 3.63) is 50.2 Å². The third kappa shape index (κ3) is 3.14. The molecular formula is C15H18ClN7O2. The second-order valence-electron chi connectivity index (χ2n) is 5.91. The fraction of sp³-hybridized carbons (Fsp3) is 0.400. The molecule has 0 radical (unpaired) electrons. The van der Waals surface area contributed by atoms with Crippen molar-refractivity contribution in [3.8, 4) is 0 Å². The Kier molecular flexibility index (Phi) is 4.58. The van der Waals surface area contributed by atoms with E-state index in [1.165, 1.54) is 9.13 Å². The molecule has 0 aromatic carbocycles. The minimum Gasteiger partial charge on any atom is -0.305 e. The minimum atomic E-state index is -0.443. The summed E-state index contributed by atoms with van der Waals surface area (Å²) in [7, 11) is 1.57. The second kappa shape index (κ2) is 6.67. The number of aromatic nitrogens is 7. The van der Waals surface area contributed by atoms with Crippen molar-refractivity contribution in [1.82, 2.24) is 33.7 Å². The number of hydrogen-bond acceptors (Lipinski definition) is 5. The molecule has 0 aliphatic carbocycles. The van der Waals surface area contributed by atoms with Gasteiger partial charge in [0.05, 0.1) is 19.3 Å². The highest BCUT2D eigenvalue weighted by Gasteiger charge is 2.18. The van der Waals surface area contributed by atoms with Gasteiger partial charge in [-0.15, -0.1) is 5.10 Å². The Balaban J connectivity index is 2.14. The number of allylic oxidation sites excluding steroid dienone is 2. The third-order valence-electron chi connectivity index (χ3n) is 3.89. The highest BCUT2D eigenvalue weighted by atomic mass is 35.5. The van der Waals surface area contributed by atoms with E-state index in [0.717, 1.165) is 5.57 Å². The number of halogens is 1. The van der Waals surface area contributed by atoms with Crippen LogP contribution in [0.15, 0.2) is 33.6 Å². The van der Waals surface area contributed by atoms with Crippen LogP contribution in [0.4, 0.5) is 0 Å². The van der Waals surface area contributed by atoms with E-state index in [4.69, 9.17) is 11.6 Å². The molecule has 0 atom stereocenters. The molecule has 0 bridgehead atoms. The van der Waals surface area contributed by atoms with Crippen molar-refractivity contribution < 1.29 is 0 Å². The van der Waals surface area contributed by atoms with Crippen LogP contribution in [0.2, 0.25) is 5.28 Å². The summed E-state index contributed by atoms with van der Waals surface area (Å²) in [6.07, 6.45) is 5.15. The first kappa shape index (κ1) is 17.2. The minimum absolute atomic E-state index is 0.175. The summed E-state index contributed by atoms with van der Waals surface area (Å²) in [5.74, 6) is 0. The zero-order chi connectivity index (χ0) is 18.1. The predicted molar refractivity (Wildman–Crippen MR) is 93.7 cm³/mol. The maximum atomic E-state index is 12.9. The first-order valence-corrected chi connectivity index (χ1v) is 8.11.